The molecule has 0 spiro atoms. The molecule has 1 unspecified atom stereocenters. The summed E-state index contributed by atoms with van der Waals surface area (Å²) in [5.74, 6) is 0.406. The van der Waals surface area contributed by atoms with Gasteiger partial charge in [-0.15, -0.1) is 24.8 Å². The quantitative estimate of drug-likeness (QED) is 0.894. The molecular formula is C16H27Cl2FN2. The monoisotopic (exact) mass is 336 g/mol. The van der Waals surface area contributed by atoms with E-state index < -0.39 is 0 Å². The topological polar surface area (TPSA) is 15.3 Å². The molecule has 1 N–H and O–H groups in total. The number of hydrogen-bond donors (Lipinski definition) is 1. The fourth-order valence-electron chi connectivity index (χ4n) is 2.94. The molecule has 0 amide bonds. The van der Waals surface area contributed by atoms with Gasteiger partial charge in [0.15, 0.2) is 0 Å². The molecule has 1 aliphatic heterocycles. The Balaban J connectivity index is 0.00000200. The second-order valence-electron chi connectivity index (χ2n) is 5.64. The van der Waals surface area contributed by atoms with Gasteiger partial charge >= 0.3 is 0 Å². The Hall–Kier alpha value is -0.350. The van der Waals surface area contributed by atoms with Crippen molar-refractivity contribution in [2.75, 3.05) is 26.2 Å². The smallest absolute Gasteiger partial charge is 0.128 e. The maximum absolute atomic E-state index is 14.2. The summed E-state index contributed by atoms with van der Waals surface area (Å²) < 4.78 is 14.2. The van der Waals surface area contributed by atoms with Gasteiger partial charge in [-0.1, -0.05) is 38.0 Å². The molecule has 2 atom stereocenters. The van der Waals surface area contributed by atoms with Crippen LogP contribution in [-0.4, -0.2) is 31.1 Å². The summed E-state index contributed by atoms with van der Waals surface area (Å²) in [6.07, 6.45) is 1.07. The third kappa shape index (κ3) is 5.10. The Morgan fingerprint density at radius 3 is 2.43 bits per heavy atom. The van der Waals surface area contributed by atoms with E-state index in [9.17, 15) is 4.39 Å². The molecule has 0 saturated carbocycles. The molecule has 2 nitrogen and oxygen atoms in total. The number of piperazine rings is 1. The van der Waals surface area contributed by atoms with E-state index in [2.05, 4.69) is 24.1 Å². The fourth-order valence-corrected chi connectivity index (χ4v) is 2.94. The number of hydrogen-bond acceptors (Lipinski definition) is 2. The molecular weight excluding hydrogens is 310 g/mol. The summed E-state index contributed by atoms with van der Waals surface area (Å²) in [4.78, 5) is 2.43. The maximum Gasteiger partial charge on any atom is 0.128 e. The van der Waals surface area contributed by atoms with Gasteiger partial charge in [0.1, 0.15) is 5.82 Å². The van der Waals surface area contributed by atoms with Gasteiger partial charge in [0.05, 0.1) is 0 Å². The van der Waals surface area contributed by atoms with Gasteiger partial charge in [-0.25, -0.2) is 4.39 Å². The lowest BCUT2D eigenvalue weighted by Crippen LogP contribution is -2.46. The van der Waals surface area contributed by atoms with Gasteiger partial charge < -0.3 is 5.32 Å². The molecule has 0 bridgehead atoms. The van der Waals surface area contributed by atoms with Crippen molar-refractivity contribution in [3.8, 4) is 0 Å². The normalized spacial score (nSPS) is 18.3. The third-order valence-corrected chi connectivity index (χ3v) is 4.20. The molecule has 1 aromatic rings. The van der Waals surface area contributed by atoms with E-state index >= 15 is 0 Å². The molecule has 5 heteroatoms. The first kappa shape index (κ1) is 20.6. The fraction of sp³-hybridized carbons (Fsp3) is 0.625. The van der Waals surface area contributed by atoms with Gasteiger partial charge in [-0.2, -0.15) is 0 Å². The molecule has 21 heavy (non-hydrogen) atoms. The number of benzene rings is 1. The van der Waals surface area contributed by atoms with Gasteiger partial charge in [-0.05, 0) is 18.9 Å². The van der Waals surface area contributed by atoms with Crippen LogP contribution in [0.1, 0.15) is 37.4 Å². The highest BCUT2D eigenvalue weighted by atomic mass is 35.5. The van der Waals surface area contributed by atoms with Crippen molar-refractivity contribution in [2.45, 2.75) is 33.2 Å². The molecule has 1 aliphatic rings. The average Bonchev–Trinajstić information content (AvgIpc) is 2.44. The summed E-state index contributed by atoms with van der Waals surface area (Å²) in [6, 6.07) is 5.69. The maximum atomic E-state index is 14.2. The molecule has 1 saturated heterocycles. The minimum atomic E-state index is -0.0607. The Labute approximate surface area is 140 Å². The summed E-state index contributed by atoms with van der Waals surface area (Å²) in [5.41, 5.74) is 2.01. The van der Waals surface area contributed by atoms with E-state index in [0.29, 0.717) is 5.92 Å². The summed E-state index contributed by atoms with van der Waals surface area (Å²) in [7, 11) is 0. The Morgan fingerprint density at radius 1 is 1.24 bits per heavy atom. The molecule has 122 valence electrons. The van der Waals surface area contributed by atoms with Crippen molar-refractivity contribution in [2.24, 2.45) is 5.92 Å². The highest BCUT2D eigenvalue weighted by Crippen LogP contribution is 2.33. The zero-order valence-electron chi connectivity index (χ0n) is 13.1. The van der Waals surface area contributed by atoms with Gasteiger partial charge in [-0.3, -0.25) is 4.90 Å². The van der Waals surface area contributed by atoms with Crippen LogP contribution in [0.4, 0.5) is 4.39 Å². The minimum Gasteiger partial charge on any atom is -0.314 e. The van der Waals surface area contributed by atoms with Crippen LogP contribution in [0.15, 0.2) is 18.2 Å². The van der Waals surface area contributed by atoms with E-state index in [0.717, 1.165) is 43.7 Å². The summed E-state index contributed by atoms with van der Waals surface area (Å²) >= 11 is 0. The molecule has 1 aromatic carbocycles. The first-order chi connectivity index (χ1) is 9.13. The van der Waals surface area contributed by atoms with Gasteiger partial charge in [0.25, 0.3) is 0 Å². The lowest BCUT2D eigenvalue weighted by molar-refractivity contribution is 0.125. The molecule has 1 heterocycles. The highest BCUT2D eigenvalue weighted by Gasteiger charge is 2.28. The molecule has 0 aliphatic carbocycles. The van der Waals surface area contributed by atoms with E-state index in [1.807, 2.05) is 19.1 Å². The van der Waals surface area contributed by atoms with Crippen LogP contribution >= 0.6 is 24.8 Å². The van der Waals surface area contributed by atoms with E-state index in [-0.39, 0.29) is 36.7 Å². The Bertz CT molecular complexity index is 423. The number of nitrogens with zero attached hydrogens (tertiary/aromatic N) is 1. The standard InChI is InChI=1S/C16H25FN2.2ClH/c1-4-13(3)16(19-9-7-18-8-10-19)14-11-12(2)5-6-15(14)17;;/h5-6,11,13,16,18H,4,7-10H2,1-3H3;2*1H/t13?,16-;;/m0../s1. The van der Waals surface area contributed by atoms with Crippen LogP contribution in [0.2, 0.25) is 0 Å². The van der Waals surface area contributed by atoms with Crippen LogP contribution in [-0.2, 0) is 0 Å². The van der Waals surface area contributed by atoms with Crippen molar-refractivity contribution >= 4 is 24.8 Å². The lowest BCUT2D eigenvalue weighted by Gasteiger charge is -2.38. The predicted molar refractivity (Wildman–Crippen MR) is 92.3 cm³/mol. The number of aryl methyl sites for hydroxylation is 1. The van der Waals surface area contributed by atoms with Crippen LogP contribution < -0.4 is 5.32 Å². The van der Waals surface area contributed by atoms with Crippen molar-refractivity contribution in [1.29, 1.82) is 0 Å². The highest BCUT2D eigenvalue weighted by molar-refractivity contribution is 5.85. The second-order valence-corrected chi connectivity index (χ2v) is 5.64. The average molecular weight is 337 g/mol. The summed E-state index contributed by atoms with van der Waals surface area (Å²) in [6.45, 7) is 10.5. The van der Waals surface area contributed by atoms with Crippen LogP contribution in [0.25, 0.3) is 0 Å². The van der Waals surface area contributed by atoms with Gasteiger partial charge in [0, 0.05) is 37.8 Å². The van der Waals surface area contributed by atoms with Crippen LogP contribution in [0.5, 0.6) is 0 Å². The number of halogens is 3. The van der Waals surface area contributed by atoms with Crippen LogP contribution in [0, 0.1) is 18.7 Å². The van der Waals surface area contributed by atoms with Crippen molar-refractivity contribution < 1.29 is 4.39 Å². The lowest BCUT2D eigenvalue weighted by atomic mass is 9.89. The zero-order chi connectivity index (χ0) is 13.8. The van der Waals surface area contributed by atoms with E-state index in [1.54, 1.807) is 6.07 Å². The van der Waals surface area contributed by atoms with E-state index in [4.69, 9.17) is 0 Å². The zero-order valence-corrected chi connectivity index (χ0v) is 14.7. The number of nitrogens with one attached hydrogen (secondary N) is 1. The Morgan fingerprint density at radius 2 is 1.86 bits per heavy atom. The van der Waals surface area contributed by atoms with Gasteiger partial charge in [0.2, 0.25) is 0 Å². The second kappa shape index (κ2) is 9.62. The Kier molecular flexibility index (Phi) is 9.46. The predicted octanol–water partition coefficient (Wildman–Crippen LogP) is 3.97. The summed E-state index contributed by atoms with van der Waals surface area (Å²) in [5, 5.41) is 3.37. The molecule has 0 aromatic heterocycles. The number of rotatable bonds is 4. The molecule has 0 radical (unpaired) electrons. The van der Waals surface area contributed by atoms with Crippen molar-refractivity contribution in [3.05, 3.63) is 35.1 Å². The third-order valence-electron chi connectivity index (χ3n) is 4.20. The van der Waals surface area contributed by atoms with E-state index in [1.165, 1.54) is 0 Å². The van der Waals surface area contributed by atoms with Crippen molar-refractivity contribution in [1.82, 2.24) is 10.2 Å². The van der Waals surface area contributed by atoms with Crippen LogP contribution in [0.3, 0.4) is 0 Å². The minimum absolute atomic E-state index is 0. The molecule has 2 rings (SSSR count). The largest absolute Gasteiger partial charge is 0.314 e. The molecule has 1 fully saturated rings. The SMILES string of the molecule is CCC(C)[C@@H](c1cc(C)ccc1F)N1CCNCC1.Cl.Cl. The first-order valence-corrected chi connectivity index (χ1v) is 7.34. The first-order valence-electron chi connectivity index (χ1n) is 7.34. The van der Waals surface area contributed by atoms with Crippen molar-refractivity contribution in [3.63, 3.8) is 0 Å².